The van der Waals surface area contributed by atoms with Gasteiger partial charge in [-0.05, 0) is 48.6 Å². The third kappa shape index (κ3) is 4.68. The van der Waals surface area contributed by atoms with Gasteiger partial charge in [-0.1, -0.05) is 36.8 Å². The molecule has 2 heterocycles. The van der Waals surface area contributed by atoms with E-state index in [0.717, 1.165) is 24.7 Å². The second-order valence-corrected chi connectivity index (χ2v) is 12.5. The van der Waals surface area contributed by atoms with Crippen LogP contribution >= 0.6 is 0 Å². The number of rotatable bonds is 7. The van der Waals surface area contributed by atoms with E-state index in [1.807, 2.05) is 0 Å². The Bertz CT molecular complexity index is 1580. The maximum Gasteiger partial charge on any atom is 0.264 e. The van der Waals surface area contributed by atoms with Gasteiger partial charge in [-0.2, -0.15) is 0 Å². The van der Waals surface area contributed by atoms with Crippen LogP contribution in [0.2, 0.25) is 0 Å². The van der Waals surface area contributed by atoms with E-state index in [9.17, 15) is 21.6 Å². The van der Waals surface area contributed by atoms with Gasteiger partial charge >= 0.3 is 0 Å². The van der Waals surface area contributed by atoms with Crippen LogP contribution in [-0.2, 0) is 19.9 Å². The molecule has 5 rings (SSSR count). The average molecular weight is 528 g/mol. The number of pyridine rings is 1. The third-order valence-electron chi connectivity index (χ3n) is 6.46. The molecule has 36 heavy (non-hydrogen) atoms. The number of anilines is 1. The van der Waals surface area contributed by atoms with Crippen molar-refractivity contribution in [2.24, 2.45) is 0 Å². The quantitative estimate of drug-likeness (QED) is 0.482. The molecular formula is C25H25N3O6S2. The summed E-state index contributed by atoms with van der Waals surface area (Å²) in [5, 5.41) is 4.19. The van der Waals surface area contributed by atoms with Gasteiger partial charge in [0.15, 0.2) is 9.84 Å². The maximum absolute atomic E-state index is 13.7. The first-order valence-electron chi connectivity index (χ1n) is 11.5. The summed E-state index contributed by atoms with van der Waals surface area (Å²) < 4.78 is 58.7. The Hall–Kier alpha value is -3.44. The summed E-state index contributed by atoms with van der Waals surface area (Å²) in [7, 11) is -6.03. The number of hydrogen-bond donors (Lipinski definition) is 2. The van der Waals surface area contributed by atoms with Crippen LogP contribution in [0.3, 0.4) is 0 Å². The van der Waals surface area contributed by atoms with E-state index in [-0.39, 0.29) is 33.5 Å². The number of benzene rings is 2. The lowest BCUT2D eigenvalue weighted by Crippen LogP contribution is -2.35. The number of sulfone groups is 1. The SMILES string of the molecule is COc1nc2c(S(=O)(=O)Nc3ccccc3)c(C3CCC3)ccc2cc1C(=O)N[C@@H]1C=CS(=O)(=O)C1. The highest BCUT2D eigenvalue weighted by Gasteiger charge is 2.32. The van der Waals surface area contributed by atoms with E-state index in [1.165, 1.54) is 19.3 Å². The first kappa shape index (κ1) is 24.3. The van der Waals surface area contributed by atoms with Crippen molar-refractivity contribution in [2.75, 3.05) is 17.6 Å². The number of amides is 1. The number of carbonyl (C=O) groups is 1. The fourth-order valence-electron chi connectivity index (χ4n) is 4.48. The normalized spacial score (nSPS) is 19.1. The maximum atomic E-state index is 13.7. The number of fused-ring (bicyclic) bond motifs is 1. The average Bonchev–Trinajstić information content (AvgIpc) is 3.14. The summed E-state index contributed by atoms with van der Waals surface area (Å²) in [5.41, 5.74) is 1.40. The monoisotopic (exact) mass is 527 g/mol. The second kappa shape index (κ2) is 9.21. The first-order valence-corrected chi connectivity index (χ1v) is 14.7. The van der Waals surface area contributed by atoms with E-state index in [4.69, 9.17) is 4.74 Å². The molecule has 9 nitrogen and oxygen atoms in total. The number of aromatic nitrogens is 1. The van der Waals surface area contributed by atoms with Crippen LogP contribution in [0.25, 0.3) is 10.9 Å². The van der Waals surface area contributed by atoms with Crippen molar-refractivity contribution in [1.82, 2.24) is 10.3 Å². The molecule has 188 valence electrons. The van der Waals surface area contributed by atoms with Crippen LogP contribution in [0.4, 0.5) is 5.69 Å². The molecule has 1 aliphatic heterocycles. The minimum absolute atomic E-state index is 0.0493. The highest BCUT2D eigenvalue weighted by atomic mass is 32.2. The van der Waals surface area contributed by atoms with Crippen molar-refractivity contribution in [2.45, 2.75) is 36.1 Å². The zero-order valence-electron chi connectivity index (χ0n) is 19.5. The van der Waals surface area contributed by atoms with Crippen molar-refractivity contribution in [3.63, 3.8) is 0 Å². The van der Waals surface area contributed by atoms with Gasteiger partial charge in [-0.15, -0.1) is 0 Å². The molecule has 0 bridgehead atoms. The van der Waals surface area contributed by atoms with Crippen molar-refractivity contribution in [3.8, 4) is 5.88 Å². The van der Waals surface area contributed by atoms with Gasteiger partial charge in [-0.3, -0.25) is 9.52 Å². The lowest BCUT2D eigenvalue weighted by molar-refractivity contribution is 0.0944. The minimum atomic E-state index is -4.03. The predicted molar refractivity (Wildman–Crippen MR) is 136 cm³/mol. The number of nitrogens with zero attached hydrogens (tertiary/aromatic N) is 1. The number of methoxy groups -OCH3 is 1. The largest absolute Gasteiger partial charge is 0.480 e. The van der Waals surface area contributed by atoms with Gasteiger partial charge in [0.1, 0.15) is 10.5 Å². The Morgan fingerprint density at radius 3 is 2.47 bits per heavy atom. The van der Waals surface area contributed by atoms with Crippen LogP contribution in [0, 0.1) is 0 Å². The summed E-state index contributed by atoms with van der Waals surface area (Å²) in [6.07, 6.45) is 4.21. The number of para-hydroxylation sites is 1. The number of hydrogen-bond acceptors (Lipinski definition) is 7. The van der Waals surface area contributed by atoms with Gasteiger partial charge in [0.25, 0.3) is 15.9 Å². The molecule has 0 saturated heterocycles. The van der Waals surface area contributed by atoms with Crippen LogP contribution in [0.15, 0.2) is 64.9 Å². The lowest BCUT2D eigenvalue weighted by Gasteiger charge is -2.28. The van der Waals surface area contributed by atoms with Crippen molar-refractivity contribution in [3.05, 3.63) is 71.1 Å². The molecule has 3 aromatic rings. The highest BCUT2D eigenvalue weighted by Crippen LogP contribution is 2.42. The first-order chi connectivity index (χ1) is 17.2. The Morgan fingerprint density at radius 2 is 1.86 bits per heavy atom. The van der Waals surface area contributed by atoms with E-state index < -0.39 is 31.8 Å². The second-order valence-electron chi connectivity index (χ2n) is 8.94. The molecule has 0 unspecified atom stereocenters. The molecule has 0 radical (unpaired) electrons. The Labute approximate surface area is 209 Å². The molecule has 1 aromatic heterocycles. The molecular weight excluding hydrogens is 502 g/mol. The molecule has 1 saturated carbocycles. The van der Waals surface area contributed by atoms with Crippen LogP contribution in [0.1, 0.15) is 41.1 Å². The van der Waals surface area contributed by atoms with Crippen LogP contribution < -0.4 is 14.8 Å². The number of carbonyl (C=O) groups excluding carboxylic acids is 1. The van der Waals surface area contributed by atoms with E-state index in [2.05, 4.69) is 15.0 Å². The van der Waals surface area contributed by atoms with Gasteiger partial charge in [0.2, 0.25) is 5.88 Å². The topological polar surface area (TPSA) is 132 Å². The summed E-state index contributed by atoms with van der Waals surface area (Å²) in [6, 6.07) is 13.0. The highest BCUT2D eigenvalue weighted by molar-refractivity contribution is 7.94. The van der Waals surface area contributed by atoms with E-state index in [1.54, 1.807) is 42.5 Å². The molecule has 1 amide bonds. The predicted octanol–water partition coefficient (Wildman–Crippen LogP) is 3.35. The van der Waals surface area contributed by atoms with Gasteiger partial charge in [-0.25, -0.2) is 21.8 Å². The van der Waals surface area contributed by atoms with E-state index >= 15 is 0 Å². The Balaban J connectivity index is 1.60. The molecule has 1 aliphatic carbocycles. The summed E-state index contributed by atoms with van der Waals surface area (Å²) in [4.78, 5) is 17.6. The summed E-state index contributed by atoms with van der Waals surface area (Å²) >= 11 is 0. The number of nitrogens with one attached hydrogen (secondary N) is 2. The van der Waals surface area contributed by atoms with Gasteiger partial charge in [0.05, 0.1) is 24.4 Å². The van der Waals surface area contributed by atoms with Crippen molar-refractivity contribution in [1.29, 1.82) is 0 Å². The zero-order chi connectivity index (χ0) is 25.5. The molecule has 0 spiro atoms. The molecule has 1 fully saturated rings. The zero-order valence-corrected chi connectivity index (χ0v) is 21.1. The van der Waals surface area contributed by atoms with Crippen LogP contribution in [0.5, 0.6) is 5.88 Å². The third-order valence-corrected chi connectivity index (χ3v) is 9.33. The smallest absolute Gasteiger partial charge is 0.264 e. The Kier molecular flexibility index (Phi) is 6.21. The molecule has 1 atom stereocenters. The van der Waals surface area contributed by atoms with Crippen molar-refractivity contribution < 1.29 is 26.4 Å². The molecule has 2 aromatic carbocycles. The van der Waals surface area contributed by atoms with E-state index in [0.29, 0.717) is 16.6 Å². The fourth-order valence-corrected chi connectivity index (χ4v) is 7.23. The molecule has 2 aliphatic rings. The number of ether oxygens (including phenoxy) is 1. The number of sulfonamides is 1. The summed E-state index contributed by atoms with van der Waals surface area (Å²) in [6.45, 7) is 0. The Morgan fingerprint density at radius 1 is 1.11 bits per heavy atom. The van der Waals surface area contributed by atoms with Crippen molar-refractivity contribution >= 4 is 42.4 Å². The van der Waals surface area contributed by atoms with Crippen LogP contribution in [-0.4, -0.2) is 46.6 Å². The molecule has 11 heteroatoms. The standard InChI is InChI=1S/C25H25N3O6S2/c1-34-25-21(24(29)26-19-12-13-35(30,31)15-19)14-17-10-11-20(16-6-5-7-16)23(22(17)27-25)36(32,33)28-18-8-3-2-4-9-18/h2-4,8-14,16,19,28H,5-7,15H2,1H3,(H,26,29)/t19-/m1/s1. The van der Waals surface area contributed by atoms with Gasteiger partial charge < -0.3 is 10.1 Å². The molecule has 2 N–H and O–H groups in total. The lowest BCUT2D eigenvalue weighted by atomic mass is 9.80. The minimum Gasteiger partial charge on any atom is -0.480 e. The fraction of sp³-hybridized carbons (Fsp3) is 0.280. The van der Waals surface area contributed by atoms with Gasteiger partial charge in [0, 0.05) is 16.5 Å². The summed E-state index contributed by atoms with van der Waals surface area (Å²) in [5.74, 6) is -0.737.